The van der Waals surface area contributed by atoms with Gasteiger partial charge in [-0.25, -0.2) is 0 Å². The molecule has 2 aromatic carbocycles. The summed E-state index contributed by atoms with van der Waals surface area (Å²) in [6.45, 7) is 2.85. The number of benzene rings is 2. The van der Waals surface area contributed by atoms with Crippen molar-refractivity contribution >= 4 is 21.9 Å². The quantitative estimate of drug-likeness (QED) is 0.722. The van der Waals surface area contributed by atoms with Crippen LogP contribution in [0.2, 0.25) is 0 Å². The molecule has 0 saturated carbocycles. The van der Waals surface area contributed by atoms with Gasteiger partial charge in [-0.15, -0.1) is 0 Å². The van der Waals surface area contributed by atoms with Crippen LogP contribution in [0.5, 0.6) is 0 Å². The molecule has 108 valence electrons. The molecule has 21 heavy (non-hydrogen) atoms. The fraction of sp³-hybridized carbons (Fsp3) is 0.235. The third-order valence-corrected chi connectivity index (χ3v) is 3.41. The molecule has 0 radical (unpaired) electrons. The highest BCUT2D eigenvalue weighted by Crippen LogP contribution is 2.19. The number of rotatable bonds is 4. The van der Waals surface area contributed by atoms with E-state index in [0.717, 1.165) is 5.56 Å². The molecule has 4 nitrogen and oxygen atoms in total. The molecule has 0 spiro atoms. The predicted molar refractivity (Wildman–Crippen MR) is 83.4 cm³/mol. The van der Waals surface area contributed by atoms with E-state index in [1.165, 1.54) is 0 Å². The zero-order chi connectivity index (χ0) is 14.8. The van der Waals surface area contributed by atoms with Crippen LogP contribution in [-0.4, -0.2) is 17.8 Å². The Hall–Kier alpha value is -2.17. The van der Waals surface area contributed by atoms with Gasteiger partial charge in [-0.1, -0.05) is 18.2 Å². The fourth-order valence-electron chi connectivity index (χ4n) is 2.39. The van der Waals surface area contributed by atoms with Crippen molar-refractivity contribution in [1.29, 1.82) is 0 Å². The summed E-state index contributed by atoms with van der Waals surface area (Å²) in [5.41, 5.74) is 2.18. The number of aliphatic hydroxyl groups is 1. The highest BCUT2D eigenvalue weighted by Gasteiger charge is 2.07. The maximum atomic E-state index is 12.5. The molecule has 0 aliphatic rings. The van der Waals surface area contributed by atoms with Crippen molar-refractivity contribution < 1.29 is 9.52 Å². The van der Waals surface area contributed by atoms with Crippen molar-refractivity contribution in [2.24, 2.45) is 0 Å². The van der Waals surface area contributed by atoms with E-state index in [2.05, 4.69) is 5.32 Å². The van der Waals surface area contributed by atoms with E-state index in [-0.39, 0.29) is 11.5 Å². The monoisotopic (exact) mass is 283 g/mol. The highest BCUT2D eigenvalue weighted by atomic mass is 16.3. The van der Waals surface area contributed by atoms with Crippen LogP contribution >= 0.6 is 0 Å². The summed E-state index contributed by atoms with van der Waals surface area (Å²) in [6, 6.07) is 12.9. The van der Waals surface area contributed by atoms with Crippen LogP contribution in [0.4, 0.5) is 0 Å². The van der Waals surface area contributed by atoms with Gasteiger partial charge in [-0.2, -0.15) is 0 Å². The Morgan fingerprint density at radius 1 is 1.14 bits per heavy atom. The van der Waals surface area contributed by atoms with Gasteiger partial charge in [-0.3, -0.25) is 4.79 Å². The second-order valence-electron chi connectivity index (χ2n) is 5.24. The molecule has 3 rings (SSSR count). The Balaban J connectivity index is 2.02. The minimum absolute atomic E-state index is 0.00998. The predicted octanol–water partition coefficient (Wildman–Crippen LogP) is 2.42. The zero-order valence-electron chi connectivity index (χ0n) is 11.8. The van der Waals surface area contributed by atoms with E-state index in [4.69, 9.17) is 4.42 Å². The molecule has 1 aromatic heterocycles. The van der Waals surface area contributed by atoms with Crippen LogP contribution in [0.3, 0.4) is 0 Å². The standard InChI is InChI=1S/C17H17NO3/c1-11(19)9-18-10-12-6-7-16-14(8-12)17(20)13-4-2-3-5-15(13)21-16/h2-8,11,18-19H,9-10H2,1H3. The molecular formula is C17H17NO3. The summed E-state index contributed by atoms with van der Waals surface area (Å²) >= 11 is 0. The smallest absolute Gasteiger partial charge is 0.200 e. The lowest BCUT2D eigenvalue weighted by molar-refractivity contribution is 0.191. The first-order valence-electron chi connectivity index (χ1n) is 6.98. The van der Waals surface area contributed by atoms with Gasteiger partial charge < -0.3 is 14.8 Å². The van der Waals surface area contributed by atoms with Crippen LogP contribution in [-0.2, 0) is 6.54 Å². The molecule has 4 heteroatoms. The first-order valence-corrected chi connectivity index (χ1v) is 6.98. The summed E-state index contributed by atoms with van der Waals surface area (Å²) in [5.74, 6) is 0. The molecule has 0 aliphatic carbocycles. The second kappa shape index (κ2) is 5.68. The molecule has 2 N–H and O–H groups in total. The number of nitrogens with one attached hydrogen (secondary N) is 1. The molecule has 1 heterocycles. The summed E-state index contributed by atoms with van der Waals surface area (Å²) in [7, 11) is 0. The van der Waals surface area contributed by atoms with Crippen molar-refractivity contribution in [3.05, 3.63) is 58.3 Å². The molecule has 0 bridgehead atoms. The van der Waals surface area contributed by atoms with Crippen molar-refractivity contribution in [1.82, 2.24) is 5.32 Å². The Kier molecular flexibility index (Phi) is 3.73. The van der Waals surface area contributed by atoms with Crippen LogP contribution in [0.15, 0.2) is 51.7 Å². The number of fused-ring (bicyclic) bond motifs is 2. The molecule has 0 aliphatic heterocycles. The van der Waals surface area contributed by atoms with E-state index in [1.807, 2.05) is 30.3 Å². The first kappa shape index (κ1) is 13.8. The maximum Gasteiger partial charge on any atom is 0.200 e. The number of para-hydroxylation sites is 1. The van der Waals surface area contributed by atoms with Crippen LogP contribution < -0.4 is 10.7 Å². The highest BCUT2D eigenvalue weighted by molar-refractivity contribution is 5.89. The van der Waals surface area contributed by atoms with Gasteiger partial charge in [0.25, 0.3) is 0 Å². The molecule has 0 fully saturated rings. The molecular weight excluding hydrogens is 266 g/mol. The lowest BCUT2D eigenvalue weighted by Crippen LogP contribution is -2.23. The Morgan fingerprint density at radius 2 is 1.90 bits per heavy atom. The Morgan fingerprint density at radius 3 is 2.71 bits per heavy atom. The van der Waals surface area contributed by atoms with E-state index < -0.39 is 0 Å². The van der Waals surface area contributed by atoms with Gasteiger partial charge in [0, 0.05) is 13.1 Å². The third kappa shape index (κ3) is 2.82. The molecule has 0 amide bonds. The number of hydrogen-bond donors (Lipinski definition) is 2. The molecule has 1 unspecified atom stereocenters. The zero-order valence-corrected chi connectivity index (χ0v) is 11.8. The summed E-state index contributed by atoms with van der Waals surface area (Å²) < 4.78 is 5.76. The minimum Gasteiger partial charge on any atom is -0.456 e. The summed E-state index contributed by atoms with van der Waals surface area (Å²) in [5, 5.41) is 13.6. The summed E-state index contributed by atoms with van der Waals surface area (Å²) in [6.07, 6.45) is -0.389. The van der Waals surface area contributed by atoms with Gasteiger partial charge in [0.15, 0.2) is 0 Å². The molecule has 0 saturated heterocycles. The Bertz CT molecular complexity index is 836. The van der Waals surface area contributed by atoms with Gasteiger partial charge in [0.05, 0.1) is 16.9 Å². The van der Waals surface area contributed by atoms with Crippen molar-refractivity contribution in [3.63, 3.8) is 0 Å². The number of aliphatic hydroxyl groups excluding tert-OH is 1. The van der Waals surface area contributed by atoms with E-state index >= 15 is 0 Å². The first-order chi connectivity index (χ1) is 10.1. The van der Waals surface area contributed by atoms with Crippen molar-refractivity contribution in [2.45, 2.75) is 19.6 Å². The van der Waals surface area contributed by atoms with Crippen molar-refractivity contribution in [3.8, 4) is 0 Å². The largest absolute Gasteiger partial charge is 0.456 e. The normalized spacial score (nSPS) is 12.9. The molecule has 1 atom stereocenters. The lowest BCUT2D eigenvalue weighted by atomic mass is 10.1. The van der Waals surface area contributed by atoms with E-state index in [1.54, 1.807) is 19.1 Å². The Labute approximate surface area is 122 Å². The summed E-state index contributed by atoms with van der Waals surface area (Å²) in [4.78, 5) is 12.5. The third-order valence-electron chi connectivity index (χ3n) is 3.41. The van der Waals surface area contributed by atoms with Gasteiger partial charge in [-0.05, 0) is 36.8 Å². The van der Waals surface area contributed by atoms with Crippen LogP contribution in [0, 0.1) is 0 Å². The van der Waals surface area contributed by atoms with E-state index in [9.17, 15) is 9.90 Å². The van der Waals surface area contributed by atoms with Gasteiger partial charge in [0.2, 0.25) is 5.43 Å². The molecule has 3 aromatic rings. The van der Waals surface area contributed by atoms with Gasteiger partial charge >= 0.3 is 0 Å². The average molecular weight is 283 g/mol. The lowest BCUT2D eigenvalue weighted by Gasteiger charge is -2.08. The van der Waals surface area contributed by atoms with Crippen LogP contribution in [0.1, 0.15) is 12.5 Å². The van der Waals surface area contributed by atoms with Gasteiger partial charge in [0.1, 0.15) is 11.2 Å². The SMILES string of the molecule is CC(O)CNCc1ccc2oc3ccccc3c(=O)c2c1. The minimum atomic E-state index is -0.389. The van der Waals surface area contributed by atoms with E-state index in [0.29, 0.717) is 35.0 Å². The number of hydrogen-bond acceptors (Lipinski definition) is 4. The maximum absolute atomic E-state index is 12.5. The fourth-order valence-corrected chi connectivity index (χ4v) is 2.39. The second-order valence-corrected chi connectivity index (χ2v) is 5.24. The average Bonchev–Trinajstić information content (AvgIpc) is 2.48. The van der Waals surface area contributed by atoms with Crippen LogP contribution in [0.25, 0.3) is 21.9 Å². The topological polar surface area (TPSA) is 62.5 Å². The van der Waals surface area contributed by atoms with Crippen molar-refractivity contribution in [2.75, 3.05) is 6.54 Å².